The molecule has 0 aliphatic heterocycles. The van der Waals surface area contributed by atoms with Gasteiger partial charge in [-0.25, -0.2) is 4.98 Å². The molecule has 96 valence electrons. The van der Waals surface area contributed by atoms with E-state index in [4.69, 9.17) is 0 Å². The normalized spacial score (nSPS) is 11.3. The van der Waals surface area contributed by atoms with Crippen LogP contribution >= 0.6 is 11.3 Å². The van der Waals surface area contributed by atoms with Crippen LogP contribution in [0.3, 0.4) is 0 Å². The van der Waals surface area contributed by atoms with E-state index in [-0.39, 0.29) is 5.75 Å². The molecule has 0 radical (unpaired) electrons. The first-order chi connectivity index (χ1) is 8.46. The number of ether oxygens (including phenoxy) is 1. The quantitative estimate of drug-likeness (QED) is 0.851. The van der Waals surface area contributed by atoms with Gasteiger partial charge in [-0.1, -0.05) is 0 Å². The number of anilines is 2. The Hall–Kier alpha value is -1.76. The molecule has 2 rings (SSSR count). The third-order valence-electron chi connectivity index (χ3n) is 2.22. The lowest BCUT2D eigenvalue weighted by Crippen LogP contribution is -2.17. The summed E-state index contributed by atoms with van der Waals surface area (Å²) >= 11 is 1.45. The van der Waals surface area contributed by atoms with Crippen LogP contribution in [0.2, 0.25) is 0 Å². The molecule has 0 amide bonds. The molecule has 1 heterocycles. The highest BCUT2D eigenvalue weighted by atomic mass is 32.1. The lowest BCUT2D eigenvalue weighted by Gasteiger charge is -2.17. The van der Waals surface area contributed by atoms with Crippen molar-refractivity contribution in [2.45, 2.75) is 6.36 Å². The third kappa shape index (κ3) is 3.13. The lowest BCUT2D eigenvalue weighted by atomic mass is 10.3. The van der Waals surface area contributed by atoms with Crippen molar-refractivity contribution in [1.82, 2.24) is 4.98 Å². The van der Waals surface area contributed by atoms with E-state index in [1.807, 2.05) is 5.38 Å². The van der Waals surface area contributed by atoms with Gasteiger partial charge < -0.3 is 9.64 Å². The van der Waals surface area contributed by atoms with Crippen molar-refractivity contribution in [3.05, 3.63) is 35.2 Å². The van der Waals surface area contributed by atoms with Gasteiger partial charge in [0.05, 0.1) is 5.51 Å². The van der Waals surface area contributed by atoms with Gasteiger partial charge in [0.15, 0.2) is 0 Å². The summed E-state index contributed by atoms with van der Waals surface area (Å²) in [6, 6.07) is 5.62. The van der Waals surface area contributed by atoms with Crippen molar-refractivity contribution in [3.8, 4) is 5.75 Å². The molecule has 0 saturated carbocycles. The van der Waals surface area contributed by atoms with Crippen LogP contribution in [-0.4, -0.2) is 18.4 Å². The molecule has 3 nitrogen and oxygen atoms in total. The molecule has 0 spiro atoms. The van der Waals surface area contributed by atoms with Crippen LogP contribution in [0.5, 0.6) is 5.75 Å². The fraction of sp³-hybridized carbons (Fsp3) is 0.182. The van der Waals surface area contributed by atoms with Crippen LogP contribution in [0.4, 0.5) is 24.7 Å². The smallest absolute Gasteiger partial charge is 0.406 e. The molecule has 18 heavy (non-hydrogen) atoms. The standard InChI is InChI=1S/C11H9F3N2OS/c1-16(10-6-18-7-15-10)8-2-4-9(5-3-8)17-11(12,13)14/h2-7H,1H3. The molecule has 0 bridgehead atoms. The molecule has 7 heteroatoms. The summed E-state index contributed by atoms with van der Waals surface area (Å²) in [7, 11) is 1.79. The first-order valence-corrected chi connectivity index (χ1v) is 5.88. The first kappa shape index (κ1) is 12.7. The number of nitrogens with zero attached hydrogens (tertiary/aromatic N) is 2. The molecule has 0 saturated heterocycles. The van der Waals surface area contributed by atoms with Crippen LogP contribution in [0.25, 0.3) is 0 Å². The van der Waals surface area contributed by atoms with Gasteiger partial charge in [-0.2, -0.15) is 0 Å². The molecular weight excluding hydrogens is 265 g/mol. The van der Waals surface area contributed by atoms with E-state index < -0.39 is 6.36 Å². The van der Waals surface area contributed by atoms with Gasteiger partial charge in [-0.15, -0.1) is 24.5 Å². The maximum Gasteiger partial charge on any atom is 0.573 e. The van der Waals surface area contributed by atoms with E-state index in [1.165, 1.54) is 23.5 Å². The van der Waals surface area contributed by atoms with Crippen LogP contribution in [-0.2, 0) is 0 Å². The largest absolute Gasteiger partial charge is 0.573 e. The monoisotopic (exact) mass is 274 g/mol. The summed E-state index contributed by atoms with van der Waals surface area (Å²) in [6.45, 7) is 0. The van der Waals surface area contributed by atoms with Crippen LogP contribution in [0.1, 0.15) is 0 Å². The maximum atomic E-state index is 12.0. The molecule has 0 N–H and O–H groups in total. The summed E-state index contributed by atoms with van der Waals surface area (Å²) in [5, 5.41) is 1.85. The number of hydrogen-bond donors (Lipinski definition) is 0. The highest BCUT2D eigenvalue weighted by molar-refractivity contribution is 7.07. The Kier molecular flexibility index (Phi) is 3.42. The molecule has 0 fully saturated rings. The van der Waals surface area contributed by atoms with Gasteiger partial charge in [0.2, 0.25) is 0 Å². The highest BCUT2D eigenvalue weighted by Gasteiger charge is 2.30. The summed E-state index contributed by atoms with van der Waals surface area (Å²) in [5.74, 6) is 0.502. The minimum Gasteiger partial charge on any atom is -0.406 e. The third-order valence-corrected chi connectivity index (χ3v) is 2.79. The van der Waals surface area contributed by atoms with Crippen LogP contribution in [0.15, 0.2) is 35.2 Å². The average molecular weight is 274 g/mol. The number of rotatable bonds is 3. The number of thiazole rings is 1. The van der Waals surface area contributed by atoms with E-state index in [0.29, 0.717) is 0 Å². The van der Waals surface area contributed by atoms with Gasteiger partial charge in [0.1, 0.15) is 11.6 Å². The van der Waals surface area contributed by atoms with Gasteiger partial charge in [-0.3, -0.25) is 0 Å². The zero-order chi connectivity index (χ0) is 13.2. The SMILES string of the molecule is CN(c1ccc(OC(F)(F)F)cc1)c1cscn1. The fourth-order valence-electron chi connectivity index (χ4n) is 1.38. The average Bonchev–Trinajstić information content (AvgIpc) is 2.80. The number of aromatic nitrogens is 1. The van der Waals surface area contributed by atoms with Crippen molar-refractivity contribution in [3.63, 3.8) is 0 Å². The van der Waals surface area contributed by atoms with Crippen molar-refractivity contribution in [1.29, 1.82) is 0 Å². The fourth-order valence-corrected chi connectivity index (χ4v) is 1.95. The molecule has 0 unspecified atom stereocenters. The van der Waals surface area contributed by atoms with Gasteiger partial charge in [-0.05, 0) is 24.3 Å². The summed E-state index contributed by atoms with van der Waals surface area (Å²) < 4.78 is 39.7. The van der Waals surface area contributed by atoms with Crippen molar-refractivity contribution < 1.29 is 17.9 Å². The molecular formula is C11H9F3N2OS. The Morgan fingerprint density at radius 1 is 1.22 bits per heavy atom. The zero-order valence-electron chi connectivity index (χ0n) is 9.31. The lowest BCUT2D eigenvalue weighted by molar-refractivity contribution is -0.274. The van der Waals surface area contributed by atoms with E-state index in [1.54, 1.807) is 29.6 Å². The molecule has 1 aromatic heterocycles. The maximum absolute atomic E-state index is 12.0. The molecule has 2 aromatic rings. The minimum atomic E-state index is -4.66. The number of benzene rings is 1. The second kappa shape index (κ2) is 4.85. The Morgan fingerprint density at radius 2 is 1.89 bits per heavy atom. The Bertz CT molecular complexity index is 496. The minimum absolute atomic E-state index is 0.238. The number of hydrogen-bond acceptors (Lipinski definition) is 4. The topological polar surface area (TPSA) is 25.4 Å². The van der Waals surface area contributed by atoms with Crippen LogP contribution in [0, 0.1) is 0 Å². The Labute approximate surface area is 105 Å². The van der Waals surface area contributed by atoms with Crippen LogP contribution < -0.4 is 9.64 Å². The molecule has 0 aliphatic rings. The van der Waals surface area contributed by atoms with E-state index in [0.717, 1.165) is 11.5 Å². The zero-order valence-corrected chi connectivity index (χ0v) is 10.1. The number of alkyl halides is 3. The van der Waals surface area contributed by atoms with Gasteiger partial charge in [0, 0.05) is 18.1 Å². The summed E-state index contributed by atoms with van der Waals surface area (Å²) in [4.78, 5) is 5.88. The predicted molar refractivity (Wildman–Crippen MR) is 63.3 cm³/mol. The highest BCUT2D eigenvalue weighted by Crippen LogP contribution is 2.27. The van der Waals surface area contributed by atoms with Crippen molar-refractivity contribution in [2.75, 3.05) is 11.9 Å². The van der Waals surface area contributed by atoms with Crippen molar-refractivity contribution in [2.24, 2.45) is 0 Å². The second-order valence-corrected chi connectivity index (χ2v) is 4.17. The Morgan fingerprint density at radius 3 is 2.39 bits per heavy atom. The Balaban J connectivity index is 2.13. The van der Waals surface area contributed by atoms with Crippen molar-refractivity contribution >= 4 is 22.8 Å². The van der Waals surface area contributed by atoms with Gasteiger partial charge >= 0.3 is 6.36 Å². The molecule has 0 aliphatic carbocycles. The van der Waals surface area contributed by atoms with E-state index in [9.17, 15) is 13.2 Å². The van der Waals surface area contributed by atoms with Gasteiger partial charge in [0.25, 0.3) is 0 Å². The summed E-state index contributed by atoms with van der Waals surface area (Å²) in [6.07, 6.45) is -4.66. The van der Waals surface area contributed by atoms with E-state index in [2.05, 4.69) is 9.72 Å². The molecule has 1 aromatic carbocycles. The summed E-state index contributed by atoms with van der Waals surface area (Å²) in [5.41, 5.74) is 2.42. The second-order valence-electron chi connectivity index (χ2n) is 3.45. The predicted octanol–water partition coefficient (Wildman–Crippen LogP) is 3.81. The molecule has 0 atom stereocenters. The number of halogens is 3. The first-order valence-electron chi connectivity index (χ1n) is 4.93. The van der Waals surface area contributed by atoms with E-state index >= 15 is 0 Å².